The number of benzene rings is 1. The topological polar surface area (TPSA) is 61.2 Å². The van der Waals surface area contributed by atoms with Gasteiger partial charge in [0.25, 0.3) is 0 Å². The van der Waals surface area contributed by atoms with Gasteiger partial charge in [-0.05, 0) is 37.1 Å². The van der Waals surface area contributed by atoms with Gasteiger partial charge in [0, 0.05) is 7.05 Å². The average Bonchev–Trinajstić information content (AvgIpc) is 2.47. The number of nitrogens with zero attached hydrogens (tertiary/aromatic N) is 2. The molecule has 4 nitrogen and oxygen atoms in total. The number of hydrogen-bond acceptors (Lipinski definition) is 3. The smallest absolute Gasteiger partial charge is 0.207 e. The van der Waals surface area contributed by atoms with Crippen molar-refractivity contribution in [2.24, 2.45) is 0 Å². The Morgan fingerprint density at radius 2 is 1.75 bits per heavy atom. The van der Waals surface area contributed by atoms with Crippen LogP contribution in [0.1, 0.15) is 32.1 Å². The van der Waals surface area contributed by atoms with E-state index in [1.807, 2.05) is 0 Å². The Balaban J connectivity index is 2.38. The second-order valence-electron chi connectivity index (χ2n) is 5.13. The number of sulfonamides is 1. The normalized spacial score (nSPS) is 18.7. The number of hydrogen-bond donors (Lipinski definition) is 0. The molecule has 1 aliphatic rings. The minimum Gasteiger partial charge on any atom is -0.207 e. The van der Waals surface area contributed by atoms with Crippen LogP contribution in [-0.2, 0) is 10.0 Å². The van der Waals surface area contributed by atoms with Gasteiger partial charge in [-0.3, -0.25) is 0 Å². The summed E-state index contributed by atoms with van der Waals surface area (Å²) in [5, 5.41) is 9.45. The largest absolute Gasteiger partial charge is 0.244 e. The van der Waals surface area contributed by atoms with Crippen molar-refractivity contribution in [3.8, 4) is 6.07 Å². The van der Waals surface area contributed by atoms with E-state index in [1.165, 1.54) is 19.2 Å². The van der Waals surface area contributed by atoms with E-state index in [4.69, 9.17) is 0 Å². The zero-order valence-corrected chi connectivity index (χ0v) is 12.2. The van der Waals surface area contributed by atoms with Crippen molar-refractivity contribution in [1.82, 2.24) is 4.31 Å². The average molecular weight is 296 g/mol. The molecule has 0 radical (unpaired) electrons. The van der Waals surface area contributed by atoms with Crippen molar-refractivity contribution >= 4 is 10.0 Å². The first kappa shape index (κ1) is 14.9. The molecule has 1 saturated carbocycles. The van der Waals surface area contributed by atoms with E-state index < -0.39 is 21.4 Å². The molecule has 1 aromatic rings. The van der Waals surface area contributed by atoms with Gasteiger partial charge in [0.05, 0.1) is 11.0 Å². The maximum absolute atomic E-state index is 12.9. The Kier molecular flexibility index (Phi) is 4.11. The van der Waals surface area contributed by atoms with Crippen LogP contribution in [0, 0.1) is 17.1 Å². The first-order chi connectivity index (χ1) is 9.42. The number of nitriles is 1. The molecule has 0 amide bonds. The predicted molar refractivity (Wildman–Crippen MR) is 72.8 cm³/mol. The molecule has 20 heavy (non-hydrogen) atoms. The summed E-state index contributed by atoms with van der Waals surface area (Å²) < 4.78 is 39.2. The first-order valence-corrected chi connectivity index (χ1v) is 8.02. The lowest BCUT2D eigenvalue weighted by molar-refractivity contribution is 0.212. The molecule has 0 aliphatic heterocycles. The van der Waals surface area contributed by atoms with Crippen LogP contribution in [0.3, 0.4) is 0 Å². The summed E-state index contributed by atoms with van der Waals surface area (Å²) >= 11 is 0. The third-order valence-electron chi connectivity index (χ3n) is 3.96. The molecule has 0 unspecified atom stereocenters. The van der Waals surface area contributed by atoms with E-state index in [9.17, 15) is 18.1 Å². The highest BCUT2D eigenvalue weighted by Crippen LogP contribution is 2.35. The van der Waals surface area contributed by atoms with Gasteiger partial charge < -0.3 is 0 Å². The Bertz CT molecular complexity index is 614. The molecule has 0 saturated heterocycles. The fourth-order valence-corrected chi connectivity index (χ4v) is 4.11. The van der Waals surface area contributed by atoms with E-state index in [-0.39, 0.29) is 4.90 Å². The Hall–Kier alpha value is -1.45. The summed E-state index contributed by atoms with van der Waals surface area (Å²) in [7, 11) is -2.34. The summed E-state index contributed by atoms with van der Waals surface area (Å²) in [5.41, 5.74) is -0.981. The molecule has 0 heterocycles. The Morgan fingerprint density at radius 3 is 2.25 bits per heavy atom. The summed E-state index contributed by atoms with van der Waals surface area (Å²) in [5.74, 6) is -0.487. The van der Waals surface area contributed by atoms with Crippen LogP contribution < -0.4 is 0 Å². The van der Waals surface area contributed by atoms with Crippen LogP contribution in [-0.4, -0.2) is 25.3 Å². The SMILES string of the molecule is CN(C1(C#N)CCCCC1)S(=O)(=O)c1ccc(F)cc1. The van der Waals surface area contributed by atoms with E-state index in [1.54, 1.807) is 0 Å². The number of halogens is 1. The van der Waals surface area contributed by atoms with Gasteiger partial charge in [0.2, 0.25) is 10.0 Å². The summed E-state index contributed by atoms with van der Waals surface area (Å²) in [4.78, 5) is 0.0154. The molecule has 1 fully saturated rings. The fourth-order valence-electron chi connectivity index (χ4n) is 2.63. The van der Waals surface area contributed by atoms with Crippen molar-refractivity contribution in [3.05, 3.63) is 30.1 Å². The zero-order valence-electron chi connectivity index (χ0n) is 11.3. The first-order valence-electron chi connectivity index (χ1n) is 6.58. The van der Waals surface area contributed by atoms with E-state index in [0.29, 0.717) is 12.8 Å². The highest BCUT2D eigenvalue weighted by atomic mass is 32.2. The lowest BCUT2D eigenvalue weighted by Crippen LogP contribution is -2.49. The number of rotatable bonds is 3. The Labute approximate surface area is 118 Å². The maximum atomic E-state index is 12.9. The van der Waals surface area contributed by atoms with E-state index in [2.05, 4.69) is 6.07 Å². The minimum absolute atomic E-state index is 0.0154. The third-order valence-corrected chi connectivity index (χ3v) is 5.90. The summed E-state index contributed by atoms with van der Waals surface area (Å²) in [6.45, 7) is 0. The van der Waals surface area contributed by atoms with Gasteiger partial charge in [-0.15, -0.1) is 0 Å². The van der Waals surface area contributed by atoms with E-state index in [0.717, 1.165) is 35.7 Å². The van der Waals surface area contributed by atoms with Gasteiger partial charge in [0.1, 0.15) is 11.4 Å². The molecule has 0 spiro atoms. The second kappa shape index (κ2) is 5.51. The molecule has 0 bridgehead atoms. The van der Waals surface area contributed by atoms with Gasteiger partial charge >= 0.3 is 0 Å². The monoisotopic (exact) mass is 296 g/mol. The minimum atomic E-state index is -3.78. The lowest BCUT2D eigenvalue weighted by atomic mass is 9.83. The molecule has 0 N–H and O–H groups in total. The molecule has 2 rings (SSSR count). The molecule has 0 aromatic heterocycles. The zero-order chi connectivity index (χ0) is 14.8. The molecule has 6 heteroatoms. The highest BCUT2D eigenvalue weighted by Gasteiger charge is 2.42. The molecule has 1 aromatic carbocycles. The second-order valence-corrected chi connectivity index (χ2v) is 7.10. The van der Waals surface area contributed by atoms with Gasteiger partial charge in [0.15, 0.2) is 0 Å². The summed E-state index contributed by atoms with van der Waals surface area (Å²) in [6.07, 6.45) is 3.79. The van der Waals surface area contributed by atoms with Crippen LogP contribution in [0.15, 0.2) is 29.2 Å². The summed E-state index contributed by atoms with van der Waals surface area (Å²) in [6, 6.07) is 6.86. The van der Waals surface area contributed by atoms with Crippen molar-refractivity contribution in [3.63, 3.8) is 0 Å². The van der Waals surface area contributed by atoms with Crippen molar-refractivity contribution in [1.29, 1.82) is 5.26 Å². The molecule has 0 atom stereocenters. The maximum Gasteiger partial charge on any atom is 0.244 e. The molecular formula is C14H17FN2O2S. The Morgan fingerprint density at radius 1 is 1.20 bits per heavy atom. The van der Waals surface area contributed by atoms with E-state index >= 15 is 0 Å². The fraction of sp³-hybridized carbons (Fsp3) is 0.500. The van der Waals surface area contributed by atoms with Crippen LogP contribution in [0.25, 0.3) is 0 Å². The van der Waals surface area contributed by atoms with Crippen LogP contribution >= 0.6 is 0 Å². The third kappa shape index (κ3) is 2.56. The van der Waals surface area contributed by atoms with Crippen LogP contribution in [0.2, 0.25) is 0 Å². The van der Waals surface area contributed by atoms with Gasteiger partial charge in [-0.1, -0.05) is 19.3 Å². The quantitative estimate of drug-likeness (QED) is 0.861. The molecule has 108 valence electrons. The molecular weight excluding hydrogens is 279 g/mol. The van der Waals surface area contributed by atoms with Gasteiger partial charge in [-0.2, -0.15) is 9.57 Å². The van der Waals surface area contributed by atoms with Gasteiger partial charge in [-0.25, -0.2) is 12.8 Å². The highest BCUT2D eigenvalue weighted by molar-refractivity contribution is 7.89. The van der Waals surface area contributed by atoms with Crippen molar-refractivity contribution in [2.45, 2.75) is 42.5 Å². The lowest BCUT2D eigenvalue weighted by Gasteiger charge is -2.37. The van der Waals surface area contributed by atoms with Crippen LogP contribution in [0.4, 0.5) is 4.39 Å². The molecule has 1 aliphatic carbocycles. The van der Waals surface area contributed by atoms with Crippen molar-refractivity contribution in [2.75, 3.05) is 7.05 Å². The van der Waals surface area contributed by atoms with Crippen molar-refractivity contribution < 1.29 is 12.8 Å². The van der Waals surface area contributed by atoms with Crippen LogP contribution in [0.5, 0.6) is 0 Å². The predicted octanol–water partition coefficient (Wildman–Crippen LogP) is 2.67. The standard InChI is InChI=1S/C14H17FN2O2S/c1-17(14(11-16)9-3-2-4-10-14)20(18,19)13-7-5-12(15)6-8-13/h5-8H,2-4,9-10H2,1H3.